The molecule has 2 aliphatic heterocycles. The lowest BCUT2D eigenvalue weighted by Crippen LogP contribution is -2.62. The number of rotatable bonds is 4. The van der Waals surface area contributed by atoms with Gasteiger partial charge in [-0.25, -0.2) is 8.42 Å². The van der Waals surface area contributed by atoms with Gasteiger partial charge in [0.15, 0.2) is 0 Å². The number of imide groups is 1. The molecule has 23 heavy (non-hydrogen) atoms. The van der Waals surface area contributed by atoms with E-state index in [1.807, 2.05) is 0 Å². The van der Waals surface area contributed by atoms with Gasteiger partial charge >= 0.3 is 0 Å². The quantitative estimate of drug-likeness (QED) is 0.746. The van der Waals surface area contributed by atoms with E-state index < -0.39 is 10.0 Å². The van der Waals surface area contributed by atoms with Crippen LogP contribution >= 0.6 is 11.6 Å². The maximum absolute atomic E-state index is 12.5. The predicted molar refractivity (Wildman–Crippen MR) is 81.6 cm³/mol. The van der Waals surface area contributed by atoms with E-state index in [4.69, 9.17) is 16.3 Å². The Bertz CT molecular complexity index is 757. The zero-order valence-electron chi connectivity index (χ0n) is 12.4. The first-order valence-corrected chi connectivity index (χ1v) is 8.85. The molecule has 0 bridgehead atoms. The van der Waals surface area contributed by atoms with Gasteiger partial charge in [0, 0.05) is 25.9 Å². The zero-order chi connectivity index (χ0) is 16.8. The summed E-state index contributed by atoms with van der Waals surface area (Å²) >= 11 is 5.97. The highest BCUT2D eigenvalue weighted by Gasteiger charge is 2.45. The lowest BCUT2D eigenvalue weighted by molar-refractivity contribution is -0.143. The van der Waals surface area contributed by atoms with Crippen LogP contribution in [0, 0.1) is 0 Å². The molecular weight excluding hydrogens is 344 g/mol. The van der Waals surface area contributed by atoms with Gasteiger partial charge in [0.05, 0.1) is 23.1 Å². The first-order valence-electron chi connectivity index (χ1n) is 7.03. The molecule has 0 aromatic heterocycles. The third kappa shape index (κ3) is 2.71. The third-order valence-corrected chi connectivity index (χ3v) is 6.17. The van der Waals surface area contributed by atoms with Crippen LogP contribution in [0.25, 0.3) is 0 Å². The largest absolute Gasteiger partial charge is 0.495 e. The smallest absolute Gasteiger partial charge is 0.243 e. The monoisotopic (exact) mass is 358 g/mol. The molecule has 2 saturated heterocycles. The van der Waals surface area contributed by atoms with Gasteiger partial charge in [0.25, 0.3) is 0 Å². The van der Waals surface area contributed by atoms with Crippen molar-refractivity contribution >= 4 is 33.4 Å². The van der Waals surface area contributed by atoms with Crippen LogP contribution in [0.3, 0.4) is 0 Å². The maximum Gasteiger partial charge on any atom is 0.243 e. The highest BCUT2D eigenvalue weighted by molar-refractivity contribution is 7.89. The minimum atomic E-state index is -3.70. The normalized spacial score (nSPS) is 20.0. The van der Waals surface area contributed by atoms with Crippen LogP contribution < -0.4 is 4.74 Å². The molecule has 9 heteroatoms. The Morgan fingerprint density at radius 3 is 2.30 bits per heavy atom. The molecule has 2 aliphatic rings. The number of hydrogen-bond acceptors (Lipinski definition) is 5. The summed E-state index contributed by atoms with van der Waals surface area (Å²) in [5, 5.41) is 0.204. The average molecular weight is 359 g/mol. The van der Waals surface area contributed by atoms with Crippen molar-refractivity contribution in [1.29, 1.82) is 0 Å². The Morgan fingerprint density at radius 2 is 1.78 bits per heavy atom. The van der Waals surface area contributed by atoms with E-state index in [1.54, 1.807) is 0 Å². The third-order valence-electron chi connectivity index (χ3n) is 4.05. The van der Waals surface area contributed by atoms with Crippen molar-refractivity contribution in [3.05, 3.63) is 23.2 Å². The summed E-state index contributed by atoms with van der Waals surface area (Å²) in [5.74, 6) is -0.0746. The molecule has 3 rings (SSSR count). The van der Waals surface area contributed by atoms with E-state index in [9.17, 15) is 18.0 Å². The molecule has 0 N–H and O–H groups in total. The van der Waals surface area contributed by atoms with Gasteiger partial charge in [0.1, 0.15) is 5.75 Å². The van der Waals surface area contributed by atoms with Crippen LogP contribution in [0.1, 0.15) is 12.8 Å². The van der Waals surface area contributed by atoms with Crippen molar-refractivity contribution in [2.24, 2.45) is 0 Å². The number of sulfonamides is 1. The first kappa shape index (κ1) is 16.2. The van der Waals surface area contributed by atoms with Crippen molar-refractivity contribution in [2.45, 2.75) is 23.8 Å². The molecule has 7 nitrogen and oxygen atoms in total. The lowest BCUT2D eigenvalue weighted by Gasteiger charge is -2.41. The molecule has 2 amide bonds. The summed E-state index contributed by atoms with van der Waals surface area (Å²) < 4.78 is 31.3. The molecule has 1 aromatic rings. The fraction of sp³-hybridized carbons (Fsp3) is 0.429. The molecule has 0 unspecified atom stereocenters. The second kappa shape index (κ2) is 5.77. The number of halogens is 1. The number of carbonyl (C=O) groups excluding carboxylic acids is 2. The van der Waals surface area contributed by atoms with Gasteiger partial charge in [-0.1, -0.05) is 11.6 Å². The number of likely N-dealkylation sites (tertiary alicyclic amines) is 1. The summed E-state index contributed by atoms with van der Waals surface area (Å²) in [6, 6.07) is 3.86. The summed E-state index contributed by atoms with van der Waals surface area (Å²) in [7, 11) is -2.26. The second-order valence-corrected chi connectivity index (χ2v) is 7.77. The molecule has 0 aliphatic carbocycles. The predicted octanol–water partition coefficient (Wildman–Crippen LogP) is 0.870. The van der Waals surface area contributed by atoms with Crippen LogP contribution in [-0.2, 0) is 19.6 Å². The SMILES string of the molecule is COc1ccc(S(=O)(=O)N2CC(N3C(=O)CCC3=O)C2)cc1Cl. The van der Waals surface area contributed by atoms with E-state index >= 15 is 0 Å². The van der Waals surface area contributed by atoms with Gasteiger partial charge in [-0.05, 0) is 18.2 Å². The van der Waals surface area contributed by atoms with E-state index in [2.05, 4.69) is 0 Å². The molecule has 1 aromatic carbocycles. The van der Waals surface area contributed by atoms with E-state index in [0.29, 0.717) is 5.75 Å². The molecular formula is C14H15ClN2O5S. The van der Waals surface area contributed by atoms with E-state index in [0.717, 1.165) is 0 Å². The maximum atomic E-state index is 12.5. The number of amides is 2. The number of hydrogen-bond donors (Lipinski definition) is 0. The average Bonchev–Trinajstić information content (AvgIpc) is 2.77. The summed E-state index contributed by atoms with van der Waals surface area (Å²) in [5.41, 5.74) is 0. The van der Waals surface area contributed by atoms with Crippen LogP contribution in [0.5, 0.6) is 5.75 Å². The van der Waals surface area contributed by atoms with Crippen LogP contribution in [0.2, 0.25) is 5.02 Å². The summed E-state index contributed by atoms with van der Waals surface area (Å²) in [6.45, 7) is 0.229. The Morgan fingerprint density at radius 1 is 1.17 bits per heavy atom. The standard InChI is InChI=1S/C14H15ClN2O5S/c1-22-12-3-2-10(6-11(12)15)23(20,21)16-7-9(8-16)17-13(18)4-5-14(17)19/h2-3,6,9H,4-5,7-8H2,1H3. The lowest BCUT2D eigenvalue weighted by atomic mass is 10.1. The topological polar surface area (TPSA) is 84.0 Å². The number of carbonyl (C=O) groups is 2. The van der Waals surface area contributed by atoms with Crippen LogP contribution in [0.15, 0.2) is 23.1 Å². The van der Waals surface area contributed by atoms with E-state index in [1.165, 1.54) is 34.5 Å². The van der Waals surface area contributed by atoms with Crippen molar-refractivity contribution in [3.8, 4) is 5.75 Å². The number of methoxy groups -OCH3 is 1. The van der Waals surface area contributed by atoms with Gasteiger partial charge in [0.2, 0.25) is 21.8 Å². The Hall–Kier alpha value is -1.64. The molecule has 0 spiro atoms. The van der Waals surface area contributed by atoms with Gasteiger partial charge in [-0.2, -0.15) is 4.31 Å². The Labute approximate surface area is 138 Å². The minimum Gasteiger partial charge on any atom is -0.495 e. The van der Waals surface area contributed by atoms with Crippen molar-refractivity contribution < 1.29 is 22.7 Å². The fourth-order valence-electron chi connectivity index (χ4n) is 2.73. The zero-order valence-corrected chi connectivity index (χ0v) is 13.9. The number of ether oxygens (including phenoxy) is 1. The highest BCUT2D eigenvalue weighted by Crippen LogP contribution is 2.31. The fourth-order valence-corrected chi connectivity index (χ4v) is 4.60. The molecule has 0 radical (unpaired) electrons. The molecule has 0 saturated carbocycles. The van der Waals surface area contributed by atoms with Crippen molar-refractivity contribution in [3.63, 3.8) is 0 Å². The molecule has 2 fully saturated rings. The highest BCUT2D eigenvalue weighted by atomic mass is 35.5. The van der Waals surface area contributed by atoms with Crippen LogP contribution in [0.4, 0.5) is 0 Å². The Kier molecular flexibility index (Phi) is 4.07. The molecule has 0 atom stereocenters. The van der Waals surface area contributed by atoms with Gasteiger partial charge < -0.3 is 4.74 Å². The summed E-state index contributed by atoms with van der Waals surface area (Å²) in [4.78, 5) is 24.6. The van der Waals surface area contributed by atoms with Gasteiger partial charge in [-0.3, -0.25) is 14.5 Å². The summed E-state index contributed by atoms with van der Waals surface area (Å²) in [6.07, 6.45) is 0.409. The second-order valence-electron chi connectivity index (χ2n) is 5.43. The molecule has 124 valence electrons. The van der Waals surface area contributed by atoms with E-state index in [-0.39, 0.29) is 53.7 Å². The Balaban J connectivity index is 1.74. The van der Waals surface area contributed by atoms with Crippen molar-refractivity contribution in [2.75, 3.05) is 20.2 Å². The van der Waals surface area contributed by atoms with Gasteiger partial charge in [-0.15, -0.1) is 0 Å². The minimum absolute atomic E-state index is 0.0563. The number of benzene rings is 1. The number of nitrogens with zero attached hydrogens (tertiary/aromatic N) is 2. The van der Waals surface area contributed by atoms with Crippen LogP contribution in [-0.4, -0.2) is 55.7 Å². The first-order chi connectivity index (χ1) is 10.8. The molecule has 2 heterocycles. The van der Waals surface area contributed by atoms with Crippen molar-refractivity contribution in [1.82, 2.24) is 9.21 Å².